The average Bonchev–Trinajstić information content (AvgIpc) is 2.74. The van der Waals surface area contributed by atoms with E-state index in [4.69, 9.17) is 17.3 Å². The first kappa shape index (κ1) is 13.8. The van der Waals surface area contributed by atoms with Gasteiger partial charge in [0.05, 0.1) is 16.4 Å². The monoisotopic (exact) mass is 288 g/mol. The van der Waals surface area contributed by atoms with Crippen molar-refractivity contribution in [3.8, 4) is 0 Å². The minimum Gasteiger partial charge on any atom is -0.397 e. The number of hydrogen-bond donors (Lipinski definition) is 2. The van der Waals surface area contributed by atoms with Crippen LogP contribution in [0.15, 0.2) is 12.1 Å². The molecule has 1 aliphatic carbocycles. The van der Waals surface area contributed by atoms with Crippen LogP contribution in [0.4, 0.5) is 15.8 Å². The van der Waals surface area contributed by atoms with Crippen LogP contribution in [0, 0.1) is 5.82 Å². The van der Waals surface area contributed by atoms with Crippen LogP contribution in [-0.2, 0) is 0 Å². The topological polar surface area (TPSA) is 38.0 Å². The van der Waals surface area contributed by atoms with Crippen LogP contribution >= 0.6 is 23.4 Å². The van der Waals surface area contributed by atoms with Gasteiger partial charge in [0, 0.05) is 17.4 Å². The van der Waals surface area contributed by atoms with Crippen LogP contribution in [-0.4, -0.2) is 17.0 Å². The molecule has 0 saturated heterocycles. The number of anilines is 2. The minimum atomic E-state index is -0.467. The molecular formula is C13H18ClFN2S. The molecule has 0 heterocycles. The Kier molecular flexibility index (Phi) is 4.62. The molecule has 1 aromatic carbocycles. The van der Waals surface area contributed by atoms with Crippen molar-refractivity contribution in [1.29, 1.82) is 0 Å². The van der Waals surface area contributed by atoms with Gasteiger partial charge in [-0.25, -0.2) is 4.39 Å². The van der Waals surface area contributed by atoms with Crippen LogP contribution in [0.1, 0.15) is 26.2 Å². The average molecular weight is 289 g/mol. The second kappa shape index (κ2) is 6.02. The Morgan fingerprint density at radius 3 is 3.00 bits per heavy atom. The van der Waals surface area contributed by atoms with E-state index in [2.05, 4.69) is 12.2 Å². The van der Waals surface area contributed by atoms with Crippen molar-refractivity contribution in [3.63, 3.8) is 0 Å². The molecule has 2 rings (SSSR count). The molecular weight excluding hydrogens is 271 g/mol. The molecule has 0 radical (unpaired) electrons. The van der Waals surface area contributed by atoms with Gasteiger partial charge in [-0.2, -0.15) is 11.8 Å². The lowest BCUT2D eigenvalue weighted by molar-refractivity contribution is 0.629. The van der Waals surface area contributed by atoms with E-state index in [9.17, 15) is 4.39 Å². The zero-order chi connectivity index (χ0) is 13.1. The van der Waals surface area contributed by atoms with Gasteiger partial charge in [-0.05, 0) is 24.7 Å². The molecule has 1 aliphatic rings. The summed E-state index contributed by atoms with van der Waals surface area (Å²) in [5.74, 6) is 0.647. The van der Waals surface area contributed by atoms with E-state index >= 15 is 0 Å². The SMILES string of the molecule is CCSC1CCCC1Nc1cc(Cl)c(F)cc1N. The fourth-order valence-corrected chi connectivity index (χ4v) is 3.75. The highest BCUT2D eigenvalue weighted by molar-refractivity contribution is 7.99. The van der Waals surface area contributed by atoms with Crippen molar-refractivity contribution < 1.29 is 4.39 Å². The van der Waals surface area contributed by atoms with Gasteiger partial charge in [0.2, 0.25) is 0 Å². The van der Waals surface area contributed by atoms with Gasteiger partial charge in [-0.15, -0.1) is 0 Å². The number of nitrogens with two attached hydrogens (primary N) is 1. The van der Waals surface area contributed by atoms with Gasteiger partial charge in [0.25, 0.3) is 0 Å². The summed E-state index contributed by atoms with van der Waals surface area (Å²) in [5, 5.41) is 4.14. The van der Waals surface area contributed by atoms with Crippen molar-refractivity contribution >= 4 is 34.7 Å². The van der Waals surface area contributed by atoms with E-state index in [1.807, 2.05) is 11.8 Å². The first-order valence-electron chi connectivity index (χ1n) is 6.24. The zero-order valence-corrected chi connectivity index (χ0v) is 12.0. The maximum Gasteiger partial charge on any atom is 0.143 e. The van der Waals surface area contributed by atoms with Crippen molar-refractivity contribution in [2.24, 2.45) is 0 Å². The van der Waals surface area contributed by atoms with Crippen molar-refractivity contribution in [2.75, 3.05) is 16.8 Å². The predicted octanol–water partition coefficient (Wildman–Crippen LogP) is 4.15. The third-order valence-electron chi connectivity index (χ3n) is 3.27. The molecule has 0 amide bonds. The number of rotatable bonds is 4. The predicted molar refractivity (Wildman–Crippen MR) is 79.0 cm³/mol. The lowest BCUT2D eigenvalue weighted by atomic mass is 10.2. The van der Waals surface area contributed by atoms with Crippen LogP contribution < -0.4 is 11.1 Å². The Hall–Kier alpha value is -0.610. The molecule has 0 aromatic heterocycles. The molecule has 3 N–H and O–H groups in total. The summed E-state index contributed by atoms with van der Waals surface area (Å²) in [5.41, 5.74) is 6.99. The maximum atomic E-state index is 13.2. The Bertz CT molecular complexity index is 428. The molecule has 2 unspecified atom stereocenters. The molecule has 5 heteroatoms. The summed E-state index contributed by atoms with van der Waals surface area (Å²) in [4.78, 5) is 0. The summed E-state index contributed by atoms with van der Waals surface area (Å²) >= 11 is 7.76. The molecule has 0 aliphatic heterocycles. The summed E-state index contributed by atoms with van der Waals surface area (Å²) in [6, 6.07) is 3.26. The quantitative estimate of drug-likeness (QED) is 0.818. The highest BCUT2D eigenvalue weighted by Gasteiger charge is 2.27. The number of halogens is 2. The molecule has 1 saturated carbocycles. The molecule has 0 spiro atoms. The standard InChI is InChI=1S/C13H18ClFN2S/c1-2-18-13-5-3-4-11(13)17-12-6-8(14)9(15)7-10(12)16/h6-7,11,13,17H,2-5,16H2,1H3. The minimum absolute atomic E-state index is 0.115. The molecule has 1 aromatic rings. The lowest BCUT2D eigenvalue weighted by Crippen LogP contribution is -2.26. The van der Waals surface area contributed by atoms with E-state index in [-0.39, 0.29) is 5.02 Å². The molecule has 2 atom stereocenters. The highest BCUT2D eigenvalue weighted by Crippen LogP contribution is 2.34. The van der Waals surface area contributed by atoms with E-state index in [1.165, 1.54) is 18.9 Å². The summed E-state index contributed by atoms with van der Waals surface area (Å²) in [7, 11) is 0. The Balaban J connectivity index is 2.11. The van der Waals surface area contributed by atoms with E-state index < -0.39 is 5.82 Å². The van der Waals surface area contributed by atoms with Gasteiger partial charge < -0.3 is 11.1 Å². The van der Waals surface area contributed by atoms with E-state index in [1.54, 1.807) is 6.07 Å². The Morgan fingerprint density at radius 1 is 1.50 bits per heavy atom. The fraction of sp³-hybridized carbons (Fsp3) is 0.538. The Labute approximate surface area is 116 Å². The van der Waals surface area contributed by atoms with Gasteiger partial charge in [-0.1, -0.05) is 24.9 Å². The number of nitrogens with one attached hydrogen (secondary N) is 1. The third-order valence-corrected chi connectivity index (χ3v) is 4.88. The third kappa shape index (κ3) is 3.04. The number of thioether (sulfide) groups is 1. The van der Waals surface area contributed by atoms with Crippen molar-refractivity contribution in [1.82, 2.24) is 0 Å². The smallest absolute Gasteiger partial charge is 0.143 e. The summed E-state index contributed by atoms with van der Waals surface area (Å²) in [6.07, 6.45) is 3.58. The normalized spacial score (nSPS) is 23.3. The number of nitrogen functional groups attached to an aromatic ring is 1. The number of benzene rings is 1. The van der Waals surface area contributed by atoms with E-state index in [0.29, 0.717) is 17.0 Å². The molecule has 1 fully saturated rings. The fourth-order valence-electron chi connectivity index (χ4n) is 2.39. The lowest BCUT2D eigenvalue weighted by Gasteiger charge is -2.22. The summed E-state index contributed by atoms with van der Waals surface area (Å²) < 4.78 is 13.2. The van der Waals surface area contributed by atoms with Gasteiger partial charge in [0.1, 0.15) is 5.82 Å². The first-order chi connectivity index (χ1) is 8.61. The largest absolute Gasteiger partial charge is 0.397 e. The first-order valence-corrected chi connectivity index (χ1v) is 7.67. The number of hydrogen-bond acceptors (Lipinski definition) is 3. The van der Waals surface area contributed by atoms with Crippen molar-refractivity contribution in [2.45, 2.75) is 37.5 Å². The van der Waals surface area contributed by atoms with Gasteiger partial charge >= 0.3 is 0 Å². The second-order valence-corrected chi connectivity index (χ2v) is 6.45. The zero-order valence-electron chi connectivity index (χ0n) is 10.4. The van der Waals surface area contributed by atoms with Crippen LogP contribution in [0.25, 0.3) is 0 Å². The van der Waals surface area contributed by atoms with Gasteiger partial charge in [0.15, 0.2) is 0 Å². The molecule has 18 heavy (non-hydrogen) atoms. The second-order valence-electron chi connectivity index (χ2n) is 4.53. The summed E-state index contributed by atoms with van der Waals surface area (Å²) in [6.45, 7) is 2.17. The van der Waals surface area contributed by atoms with Crippen LogP contribution in [0.5, 0.6) is 0 Å². The highest BCUT2D eigenvalue weighted by atomic mass is 35.5. The van der Waals surface area contributed by atoms with Crippen LogP contribution in [0.2, 0.25) is 5.02 Å². The van der Waals surface area contributed by atoms with Gasteiger partial charge in [-0.3, -0.25) is 0 Å². The molecule has 0 bridgehead atoms. The Morgan fingerprint density at radius 2 is 2.28 bits per heavy atom. The molecule has 2 nitrogen and oxygen atoms in total. The van der Waals surface area contributed by atoms with Crippen LogP contribution in [0.3, 0.4) is 0 Å². The maximum absolute atomic E-state index is 13.2. The van der Waals surface area contributed by atoms with E-state index in [0.717, 1.165) is 17.9 Å². The molecule has 100 valence electrons. The van der Waals surface area contributed by atoms with Crippen molar-refractivity contribution in [3.05, 3.63) is 23.0 Å².